The summed E-state index contributed by atoms with van der Waals surface area (Å²) in [7, 11) is 3.27. The zero-order valence-corrected chi connectivity index (χ0v) is 11.3. The summed E-state index contributed by atoms with van der Waals surface area (Å²) < 4.78 is 10.8. The highest BCUT2D eigenvalue weighted by Gasteiger charge is 2.16. The van der Waals surface area contributed by atoms with Crippen LogP contribution in [0.25, 0.3) is 11.1 Å². The molecule has 0 aliphatic heterocycles. The number of ether oxygens (including phenoxy) is 2. The van der Waals surface area contributed by atoms with Crippen molar-refractivity contribution in [3.8, 4) is 22.6 Å². The van der Waals surface area contributed by atoms with Crippen molar-refractivity contribution in [2.75, 3.05) is 14.2 Å². The summed E-state index contributed by atoms with van der Waals surface area (Å²) in [6.45, 7) is 1.97. The lowest BCUT2D eigenvalue weighted by Gasteiger charge is -2.16. The van der Waals surface area contributed by atoms with Crippen molar-refractivity contribution in [1.82, 2.24) is 0 Å². The van der Waals surface area contributed by atoms with Crippen LogP contribution in [-0.4, -0.2) is 14.2 Å². The quantitative estimate of drug-likeness (QED) is 0.827. The van der Waals surface area contributed by atoms with E-state index in [1.807, 2.05) is 37.3 Å². The van der Waals surface area contributed by atoms with Crippen molar-refractivity contribution in [2.24, 2.45) is 0 Å². The molecule has 0 spiro atoms. The van der Waals surface area contributed by atoms with E-state index >= 15 is 0 Å². The number of methoxy groups -OCH3 is 2. The first-order valence-electron chi connectivity index (χ1n) is 5.57. The Morgan fingerprint density at radius 3 is 2.11 bits per heavy atom. The van der Waals surface area contributed by atoms with Crippen molar-refractivity contribution >= 4 is 11.6 Å². The monoisotopic (exact) mass is 261 g/mol. The molecule has 0 atom stereocenters. The minimum Gasteiger partial charge on any atom is -0.496 e. The predicted octanol–water partition coefficient (Wildman–Crippen LogP) is 4.13. The molecule has 0 N–H and O–H groups in total. The van der Waals surface area contributed by atoms with Crippen LogP contribution >= 0.6 is 11.6 Å². The molecule has 0 aliphatic rings. The second-order valence-electron chi connectivity index (χ2n) is 3.86. The Morgan fingerprint density at radius 1 is 1.00 bits per heavy atom. The maximum Gasteiger partial charge on any atom is 0.130 e. The molecule has 2 aromatic carbocycles. The Balaban J connectivity index is 2.77. The summed E-state index contributed by atoms with van der Waals surface area (Å²) >= 11 is 6.29. The van der Waals surface area contributed by atoms with Gasteiger partial charge in [-0.15, -0.1) is 0 Å². The van der Waals surface area contributed by atoms with E-state index in [9.17, 15) is 0 Å². The van der Waals surface area contributed by atoms with E-state index in [1.165, 1.54) is 0 Å². The van der Waals surface area contributed by atoms with Crippen molar-refractivity contribution in [3.05, 3.63) is 47.0 Å². The van der Waals surface area contributed by atoms with E-state index < -0.39 is 0 Å². The number of aryl methyl sites for hydroxylation is 1. The molecule has 3 heteroatoms. The highest BCUT2D eigenvalue weighted by molar-refractivity contribution is 6.33. The fourth-order valence-electron chi connectivity index (χ4n) is 1.98. The largest absolute Gasteiger partial charge is 0.496 e. The van der Waals surface area contributed by atoms with Gasteiger partial charge in [0.15, 0.2) is 0 Å². The molecule has 93 valence electrons. The smallest absolute Gasteiger partial charge is 0.130 e. The molecule has 0 aromatic heterocycles. The lowest BCUT2D eigenvalue weighted by atomic mass is 9.98. The molecule has 0 aliphatic carbocycles. The van der Waals surface area contributed by atoms with Crippen LogP contribution in [0.2, 0.25) is 5.02 Å². The van der Waals surface area contributed by atoms with Crippen molar-refractivity contribution < 1.29 is 9.47 Å². The molecule has 2 rings (SSSR count). The van der Waals surface area contributed by atoms with Gasteiger partial charge in [0.2, 0.25) is 0 Å². The van der Waals surface area contributed by atoms with Gasteiger partial charge in [-0.05, 0) is 36.8 Å². The Kier molecular flexibility index (Phi) is 3.78. The topological polar surface area (TPSA) is 18.5 Å². The van der Waals surface area contributed by atoms with E-state index in [0.29, 0.717) is 5.02 Å². The average molecular weight is 262 g/mol. The van der Waals surface area contributed by atoms with Gasteiger partial charge >= 0.3 is 0 Å². The summed E-state index contributed by atoms with van der Waals surface area (Å²) in [6, 6.07) is 12.4. The molecule has 0 bridgehead atoms. The lowest BCUT2D eigenvalue weighted by Crippen LogP contribution is -1.95. The van der Waals surface area contributed by atoms with E-state index in [0.717, 1.165) is 28.2 Å². The highest BCUT2D eigenvalue weighted by Crippen LogP contribution is 2.42. The van der Waals surface area contributed by atoms with E-state index in [1.54, 1.807) is 14.2 Å². The predicted molar refractivity (Wildman–Crippen MR) is 73.6 cm³/mol. The molecule has 1 radical (unpaired) electrons. The second kappa shape index (κ2) is 5.32. The van der Waals surface area contributed by atoms with Gasteiger partial charge < -0.3 is 9.47 Å². The molecular formula is C15H14ClO2. The molecule has 0 fully saturated rings. The Bertz CT molecular complexity index is 522. The van der Waals surface area contributed by atoms with Gasteiger partial charge in [0.25, 0.3) is 0 Å². The van der Waals surface area contributed by atoms with Crippen LogP contribution in [0.5, 0.6) is 11.5 Å². The summed E-state index contributed by atoms with van der Waals surface area (Å²) in [4.78, 5) is 0. The third-order valence-corrected chi connectivity index (χ3v) is 3.14. The minimum atomic E-state index is 0.661. The van der Waals surface area contributed by atoms with Crippen molar-refractivity contribution in [3.63, 3.8) is 0 Å². The fraction of sp³-hybridized carbons (Fsp3) is 0.200. The third kappa shape index (κ3) is 2.16. The van der Waals surface area contributed by atoms with Gasteiger partial charge in [-0.2, -0.15) is 0 Å². The van der Waals surface area contributed by atoms with Crippen LogP contribution in [-0.2, 0) is 0 Å². The first-order chi connectivity index (χ1) is 8.69. The lowest BCUT2D eigenvalue weighted by molar-refractivity contribution is 0.397. The van der Waals surface area contributed by atoms with Crippen molar-refractivity contribution in [1.29, 1.82) is 0 Å². The summed E-state index contributed by atoms with van der Waals surface area (Å²) in [5.74, 6) is 1.47. The molecule has 0 saturated carbocycles. The van der Waals surface area contributed by atoms with Crippen LogP contribution < -0.4 is 9.47 Å². The summed E-state index contributed by atoms with van der Waals surface area (Å²) in [5, 5.41) is 0.661. The van der Waals surface area contributed by atoms with Crippen LogP contribution in [0.4, 0.5) is 0 Å². The van der Waals surface area contributed by atoms with Gasteiger partial charge in [-0.1, -0.05) is 23.7 Å². The number of hydrogen-bond donors (Lipinski definition) is 0. The zero-order valence-electron chi connectivity index (χ0n) is 10.6. The van der Waals surface area contributed by atoms with E-state index in [-0.39, 0.29) is 0 Å². The molecule has 0 unspecified atom stereocenters. The molecule has 0 amide bonds. The normalized spacial score (nSPS) is 10.2. The first kappa shape index (κ1) is 12.8. The molecule has 2 aromatic rings. The standard InChI is InChI=1S/C15H14ClO2/c1-10-6-4-7-11(16)14(10)15-12(17-2)8-5-9-13(15)18-3/h4-5,7-9H,1-3H3. The van der Waals surface area contributed by atoms with Crippen LogP contribution in [0.1, 0.15) is 5.56 Å². The second-order valence-corrected chi connectivity index (χ2v) is 4.27. The minimum absolute atomic E-state index is 0.661. The van der Waals surface area contributed by atoms with Crippen molar-refractivity contribution in [2.45, 2.75) is 6.92 Å². The fourth-order valence-corrected chi connectivity index (χ4v) is 2.28. The summed E-state index contributed by atoms with van der Waals surface area (Å²) in [6.07, 6.45) is 0. The average Bonchev–Trinajstić information content (AvgIpc) is 2.38. The zero-order chi connectivity index (χ0) is 13.1. The molecule has 2 nitrogen and oxygen atoms in total. The molecular weight excluding hydrogens is 248 g/mol. The molecule has 0 saturated heterocycles. The van der Waals surface area contributed by atoms with Gasteiger partial charge in [0, 0.05) is 10.6 Å². The molecule has 0 heterocycles. The Morgan fingerprint density at radius 2 is 1.61 bits per heavy atom. The highest BCUT2D eigenvalue weighted by atomic mass is 35.5. The Hall–Kier alpha value is -1.67. The van der Waals surface area contributed by atoms with Gasteiger partial charge in [0.1, 0.15) is 11.5 Å². The number of rotatable bonds is 3. The number of halogens is 1. The number of hydrogen-bond acceptors (Lipinski definition) is 2. The van der Waals surface area contributed by atoms with Crippen LogP contribution in [0.3, 0.4) is 0 Å². The van der Waals surface area contributed by atoms with E-state index in [2.05, 4.69) is 6.07 Å². The maximum absolute atomic E-state index is 6.29. The van der Waals surface area contributed by atoms with Gasteiger partial charge in [0.05, 0.1) is 19.8 Å². The Labute approximate surface area is 112 Å². The summed E-state index contributed by atoms with van der Waals surface area (Å²) in [5.41, 5.74) is 2.72. The maximum atomic E-state index is 6.29. The van der Waals surface area contributed by atoms with Gasteiger partial charge in [-0.3, -0.25) is 0 Å². The molecule has 18 heavy (non-hydrogen) atoms. The van der Waals surface area contributed by atoms with Crippen LogP contribution in [0.15, 0.2) is 30.3 Å². The third-order valence-electron chi connectivity index (χ3n) is 2.82. The van der Waals surface area contributed by atoms with Crippen LogP contribution in [0, 0.1) is 13.0 Å². The van der Waals surface area contributed by atoms with E-state index in [4.69, 9.17) is 21.1 Å². The SMILES string of the molecule is COc1cccc(OC)c1-c1c(C)[c]ccc1Cl. The van der Waals surface area contributed by atoms with Gasteiger partial charge in [-0.25, -0.2) is 0 Å². The number of benzene rings is 2. The first-order valence-corrected chi connectivity index (χ1v) is 5.95.